The number of hydrogen-bond acceptors (Lipinski definition) is 6. The van der Waals surface area contributed by atoms with Crippen LogP contribution < -0.4 is 0 Å². The Morgan fingerprint density at radius 3 is 2.88 bits per heavy atom. The summed E-state index contributed by atoms with van der Waals surface area (Å²) >= 11 is 1.34. The summed E-state index contributed by atoms with van der Waals surface area (Å²) in [5, 5.41) is 1.40. The molecule has 0 aliphatic rings. The van der Waals surface area contributed by atoms with Gasteiger partial charge in [0, 0.05) is 6.20 Å². The molecular formula is C11H9N3O2S. The Labute approximate surface area is 102 Å². The number of ether oxygens (including phenoxy) is 1. The second-order valence-corrected chi connectivity index (χ2v) is 4.04. The number of pyridine rings is 1. The van der Waals surface area contributed by atoms with Crippen LogP contribution in [0.3, 0.4) is 0 Å². The first-order chi connectivity index (χ1) is 8.29. The summed E-state index contributed by atoms with van der Waals surface area (Å²) in [5.74, 6) is -0.499. The zero-order chi connectivity index (χ0) is 12.1. The molecule has 0 aliphatic carbocycles. The molecule has 5 nitrogen and oxygen atoms in total. The van der Waals surface area contributed by atoms with E-state index in [1.165, 1.54) is 25.1 Å². The maximum absolute atomic E-state index is 11.3. The second-order valence-electron chi connectivity index (χ2n) is 3.00. The van der Waals surface area contributed by atoms with E-state index < -0.39 is 5.97 Å². The molecule has 0 bridgehead atoms. The summed E-state index contributed by atoms with van der Waals surface area (Å²) in [4.78, 5) is 23.5. The van der Waals surface area contributed by atoms with Crippen molar-refractivity contribution < 1.29 is 9.53 Å². The van der Waals surface area contributed by atoms with Crippen LogP contribution in [0.25, 0.3) is 0 Å². The third kappa shape index (κ3) is 3.01. The Balaban J connectivity index is 2.20. The molecule has 2 aromatic rings. The van der Waals surface area contributed by atoms with E-state index in [1.54, 1.807) is 12.4 Å². The van der Waals surface area contributed by atoms with Crippen molar-refractivity contribution in [2.24, 2.45) is 0 Å². The molecule has 86 valence electrons. The first-order valence-corrected chi connectivity index (χ1v) is 5.60. The van der Waals surface area contributed by atoms with E-state index in [2.05, 4.69) is 19.7 Å². The molecule has 2 heterocycles. The van der Waals surface area contributed by atoms with Crippen molar-refractivity contribution in [2.45, 2.75) is 10.1 Å². The zero-order valence-electron chi connectivity index (χ0n) is 9.03. The summed E-state index contributed by atoms with van der Waals surface area (Å²) in [7, 11) is 1.31. The molecule has 0 aliphatic heterocycles. The number of hydrogen-bond donors (Lipinski definition) is 0. The largest absolute Gasteiger partial charge is 0.464 e. The van der Waals surface area contributed by atoms with E-state index >= 15 is 0 Å². The van der Waals surface area contributed by atoms with Crippen molar-refractivity contribution in [3.8, 4) is 0 Å². The highest BCUT2D eigenvalue weighted by Gasteiger charge is 2.09. The number of methoxy groups -OCH3 is 1. The van der Waals surface area contributed by atoms with Crippen molar-refractivity contribution in [1.82, 2.24) is 15.0 Å². The lowest BCUT2D eigenvalue weighted by atomic mass is 10.5. The van der Waals surface area contributed by atoms with Crippen LogP contribution in [0.15, 0.2) is 46.8 Å². The van der Waals surface area contributed by atoms with Gasteiger partial charge in [-0.2, -0.15) is 0 Å². The Morgan fingerprint density at radius 1 is 1.29 bits per heavy atom. The molecule has 0 radical (unpaired) electrons. The Kier molecular flexibility index (Phi) is 3.66. The molecule has 2 rings (SSSR count). The van der Waals surface area contributed by atoms with Crippen molar-refractivity contribution in [1.29, 1.82) is 0 Å². The fourth-order valence-electron chi connectivity index (χ4n) is 1.11. The normalized spacial score (nSPS) is 9.94. The van der Waals surface area contributed by atoms with E-state index in [-0.39, 0.29) is 5.69 Å². The second kappa shape index (κ2) is 5.40. The number of carbonyl (C=O) groups is 1. The monoisotopic (exact) mass is 247 g/mol. The van der Waals surface area contributed by atoms with Crippen LogP contribution in [0.2, 0.25) is 0 Å². The van der Waals surface area contributed by atoms with Crippen LogP contribution in [0.4, 0.5) is 0 Å². The minimum Gasteiger partial charge on any atom is -0.464 e. The van der Waals surface area contributed by atoms with Gasteiger partial charge >= 0.3 is 5.97 Å². The smallest absolute Gasteiger partial charge is 0.358 e. The van der Waals surface area contributed by atoms with Gasteiger partial charge in [0.1, 0.15) is 10.1 Å². The van der Waals surface area contributed by atoms with Crippen LogP contribution >= 0.6 is 11.8 Å². The lowest BCUT2D eigenvalue weighted by Gasteiger charge is -2.01. The third-order valence-corrected chi connectivity index (χ3v) is 2.71. The minimum atomic E-state index is -0.499. The number of carbonyl (C=O) groups excluding carboxylic acids is 1. The molecule has 2 aromatic heterocycles. The predicted octanol–water partition coefficient (Wildman–Crippen LogP) is 1.81. The summed E-state index contributed by atoms with van der Waals surface area (Å²) in [6.07, 6.45) is 4.64. The number of rotatable bonds is 3. The van der Waals surface area contributed by atoms with Gasteiger partial charge in [-0.05, 0) is 23.9 Å². The van der Waals surface area contributed by atoms with Gasteiger partial charge in [-0.25, -0.2) is 14.8 Å². The zero-order valence-corrected chi connectivity index (χ0v) is 9.85. The van der Waals surface area contributed by atoms with Gasteiger partial charge in [0.25, 0.3) is 0 Å². The van der Waals surface area contributed by atoms with Gasteiger partial charge < -0.3 is 4.74 Å². The van der Waals surface area contributed by atoms with Gasteiger partial charge in [0.2, 0.25) is 0 Å². The molecule has 0 fully saturated rings. The Bertz CT molecular complexity index is 519. The molecule has 0 N–H and O–H groups in total. The average Bonchev–Trinajstić information content (AvgIpc) is 2.39. The maximum atomic E-state index is 11.3. The standard InChI is InChI=1S/C11H9N3O2S/c1-16-11(15)8-6-12-7-10(14-8)17-9-4-2-3-5-13-9/h2-7H,1H3. The molecule has 0 unspecified atom stereocenters. The van der Waals surface area contributed by atoms with E-state index in [9.17, 15) is 4.79 Å². The van der Waals surface area contributed by atoms with Crippen molar-refractivity contribution >= 4 is 17.7 Å². The van der Waals surface area contributed by atoms with Gasteiger partial charge in [-0.15, -0.1) is 0 Å². The third-order valence-electron chi connectivity index (χ3n) is 1.85. The lowest BCUT2D eigenvalue weighted by Crippen LogP contribution is -2.05. The van der Waals surface area contributed by atoms with Crippen molar-refractivity contribution in [2.75, 3.05) is 7.11 Å². The fourth-order valence-corrected chi connectivity index (χ4v) is 1.85. The number of aromatic nitrogens is 3. The molecular weight excluding hydrogens is 238 g/mol. The summed E-state index contributed by atoms with van der Waals surface area (Å²) in [6, 6.07) is 5.57. The predicted molar refractivity (Wildman–Crippen MR) is 61.7 cm³/mol. The number of nitrogens with zero attached hydrogens (tertiary/aromatic N) is 3. The van der Waals surface area contributed by atoms with E-state index in [4.69, 9.17) is 0 Å². The maximum Gasteiger partial charge on any atom is 0.358 e. The van der Waals surface area contributed by atoms with E-state index in [0.717, 1.165) is 5.03 Å². The first-order valence-electron chi connectivity index (χ1n) is 4.79. The van der Waals surface area contributed by atoms with Crippen LogP contribution in [-0.2, 0) is 4.74 Å². The first kappa shape index (κ1) is 11.5. The van der Waals surface area contributed by atoms with E-state index in [0.29, 0.717) is 5.03 Å². The lowest BCUT2D eigenvalue weighted by molar-refractivity contribution is 0.0592. The topological polar surface area (TPSA) is 65.0 Å². The molecule has 0 spiro atoms. The molecule has 0 amide bonds. The van der Waals surface area contributed by atoms with Crippen LogP contribution in [0.1, 0.15) is 10.5 Å². The molecule has 0 atom stereocenters. The highest BCUT2D eigenvalue weighted by atomic mass is 32.2. The quantitative estimate of drug-likeness (QED) is 0.771. The minimum absolute atomic E-state index is 0.188. The molecule has 0 saturated heterocycles. The van der Waals surface area contributed by atoms with Gasteiger partial charge in [-0.1, -0.05) is 6.07 Å². The fraction of sp³-hybridized carbons (Fsp3) is 0.0909. The summed E-state index contributed by atoms with van der Waals surface area (Å²) < 4.78 is 4.58. The Morgan fingerprint density at radius 2 is 2.18 bits per heavy atom. The highest BCUT2D eigenvalue weighted by Crippen LogP contribution is 2.22. The van der Waals surface area contributed by atoms with Crippen LogP contribution in [0.5, 0.6) is 0 Å². The Hall–Kier alpha value is -1.95. The van der Waals surface area contributed by atoms with Crippen LogP contribution in [0, 0.1) is 0 Å². The van der Waals surface area contributed by atoms with Crippen molar-refractivity contribution in [3.63, 3.8) is 0 Å². The van der Waals surface area contributed by atoms with Gasteiger partial charge in [0.05, 0.1) is 19.5 Å². The van der Waals surface area contributed by atoms with Crippen molar-refractivity contribution in [3.05, 3.63) is 42.5 Å². The van der Waals surface area contributed by atoms with Gasteiger partial charge in [0.15, 0.2) is 5.69 Å². The molecule has 0 aromatic carbocycles. The molecule has 0 saturated carbocycles. The SMILES string of the molecule is COC(=O)c1cncc(Sc2ccccn2)n1. The average molecular weight is 247 g/mol. The number of esters is 1. The summed E-state index contributed by atoms with van der Waals surface area (Å²) in [5.41, 5.74) is 0.188. The summed E-state index contributed by atoms with van der Waals surface area (Å²) in [6.45, 7) is 0. The van der Waals surface area contributed by atoms with E-state index in [1.807, 2.05) is 18.2 Å². The molecule has 6 heteroatoms. The molecule has 17 heavy (non-hydrogen) atoms. The van der Waals surface area contributed by atoms with Gasteiger partial charge in [-0.3, -0.25) is 4.98 Å². The van der Waals surface area contributed by atoms with Crippen LogP contribution in [-0.4, -0.2) is 28.0 Å². The highest BCUT2D eigenvalue weighted by molar-refractivity contribution is 7.99.